The van der Waals surface area contributed by atoms with Crippen LogP contribution in [0.3, 0.4) is 0 Å². The van der Waals surface area contributed by atoms with Gasteiger partial charge in [0.1, 0.15) is 5.75 Å². The Morgan fingerprint density at radius 2 is 1.63 bits per heavy atom. The molecule has 144 valence electrons. The van der Waals surface area contributed by atoms with Crippen LogP contribution in [-0.4, -0.2) is 38.6 Å². The largest absolute Gasteiger partial charge is 0.494 e. The van der Waals surface area contributed by atoms with Crippen molar-refractivity contribution < 1.29 is 27.5 Å². The van der Waals surface area contributed by atoms with Crippen LogP contribution in [-0.2, 0) is 14.6 Å². The van der Waals surface area contributed by atoms with E-state index in [1.54, 1.807) is 30.3 Å². The number of carbonyl (C=O) groups is 2. The molecule has 0 saturated carbocycles. The molecule has 27 heavy (non-hydrogen) atoms. The first-order valence-corrected chi connectivity index (χ1v) is 10.2. The van der Waals surface area contributed by atoms with Crippen molar-refractivity contribution >= 4 is 21.6 Å². The van der Waals surface area contributed by atoms with E-state index in [1.165, 1.54) is 32.0 Å². The Morgan fingerprint density at radius 1 is 1.00 bits per heavy atom. The Bertz CT molecular complexity index is 916. The molecule has 1 atom stereocenters. The number of hydrogen-bond acceptors (Lipinski definition) is 6. The van der Waals surface area contributed by atoms with Gasteiger partial charge in [-0.3, -0.25) is 4.79 Å². The van der Waals surface area contributed by atoms with E-state index in [0.717, 1.165) is 0 Å². The molecule has 0 aliphatic carbocycles. The third-order valence-electron chi connectivity index (χ3n) is 3.92. The Hall–Kier alpha value is -2.67. The second-order valence-electron chi connectivity index (χ2n) is 5.77. The summed E-state index contributed by atoms with van der Waals surface area (Å²) in [4.78, 5) is 24.8. The summed E-state index contributed by atoms with van der Waals surface area (Å²) in [7, 11) is -3.59. The lowest BCUT2D eigenvalue weighted by atomic mass is 10.1. The molecule has 0 aliphatic rings. The van der Waals surface area contributed by atoms with Crippen LogP contribution < -0.4 is 4.74 Å². The molecule has 0 aromatic heterocycles. The molecule has 2 rings (SSSR count). The van der Waals surface area contributed by atoms with Crippen molar-refractivity contribution in [3.05, 3.63) is 59.7 Å². The van der Waals surface area contributed by atoms with Crippen LogP contribution in [0.1, 0.15) is 41.5 Å². The fourth-order valence-corrected chi connectivity index (χ4v) is 3.54. The Kier molecular flexibility index (Phi) is 6.74. The summed E-state index contributed by atoms with van der Waals surface area (Å²) in [5, 5.41) is 0. The summed E-state index contributed by atoms with van der Waals surface area (Å²) in [6, 6.07) is 12.3. The van der Waals surface area contributed by atoms with Crippen LogP contribution in [0.15, 0.2) is 53.4 Å². The third kappa shape index (κ3) is 4.95. The molecule has 0 fully saturated rings. The van der Waals surface area contributed by atoms with E-state index in [-0.39, 0.29) is 22.0 Å². The fourth-order valence-electron chi connectivity index (χ4n) is 2.46. The monoisotopic (exact) mass is 390 g/mol. The van der Waals surface area contributed by atoms with Gasteiger partial charge in [-0.1, -0.05) is 19.1 Å². The number of ether oxygens (including phenoxy) is 2. The van der Waals surface area contributed by atoms with E-state index in [4.69, 9.17) is 9.47 Å². The van der Waals surface area contributed by atoms with Crippen LogP contribution in [0.25, 0.3) is 0 Å². The zero-order chi connectivity index (χ0) is 20.0. The van der Waals surface area contributed by atoms with Crippen molar-refractivity contribution in [3.63, 3.8) is 0 Å². The summed E-state index contributed by atoms with van der Waals surface area (Å²) in [6.07, 6.45) is -1.06. The number of ketones is 1. The Labute approximate surface area is 159 Å². The lowest BCUT2D eigenvalue weighted by Gasteiger charge is -2.14. The molecule has 0 spiro atoms. The molecule has 0 saturated heterocycles. The molecule has 0 aliphatic heterocycles. The zero-order valence-corrected chi connectivity index (χ0v) is 16.3. The minimum atomic E-state index is -3.59. The van der Waals surface area contributed by atoms with Crippen molar-refractivity contribution in [2.75, 3.05) is 12.4 Å². The minimum absolute atomic E-state index is 0.0781. The van der Waals surface area contributed by atoms with E-state index in [1.807, 2.05) is 6.92 Å². The third-order valence-corrected chi connectivity index (χ3v) is 5.71. The predicted molar refractivity (Wildman–Crippen MR) is 101 cm³/mol. The summed E-state index contributed by atoms with van der Waals surface area (Å²) in [5.41, 5.74) is 0.291. The average molecular weight is 390 g/mol. The van der Waals surface area contributed by atoms with Gasteiger partial charge in [-0.05, 0) is 50.2 Å². The Morgan fingerprint density at radius 3 is 2.22 bits per heavy atom. The van der Waals surface area contributed by atoms with Crippen LogP contribution in [0.4, 0.5) is 0 Å². The highest BCUT2D eigenvalue weighted by molar-refractivity contribution is 7.91. The molecule has 2 aromatic rings. The van der Waals surface area contributed by atoms with E-state index >= 15 is 0 Å². The van der Waals surface area contributed by atoms with E-state index in [2.05, 4.69) is 0 Å². The highest BCUT2D eigenvalue weighted by atomic mass is 32.2. The molecule has 0 N–H and O–H groups in total. The highest BCUT2D eigenvalue weighted by Crippen LogP contribution is 2.20. The van der Waals surface area contributed by atoms with Crippen molar-refractivity contribution in [2.45, 2.75) is 31.8 Å². The zero-order valence-electron chi connectivity index (χ0n) is 15.5. The number of benzene rings is 2. The molecule has 0 amide bonds. The van der Waals surface area contributed by atoms with Crippen molar-refractivity contribution in [3.8, 4) is 5.75 Å². The van der Waals surface area contributed by atoms with Crippen LogP contribution in [0, 0.1) is 0 Å². The number of rotatable bonds is 8. The smallest absolute Gasteiger partial charge is 0.340 e. The Balaban J connectivity index is 2.17. The second kappa shape index (κ2) is 8.81. The van der Waals surface area contributed by atoms with Gasteiger partial charge in [-0.15, -0.1) is 0 Å². The normalized spacial score (nSPS) is 12.3. The molecule has 6 nitrogen and oxygen atoms in total. The number of hydrogen-bond donors (Lipinski definition) is 0. The minimum Gasteiger partial charge on any atom is -0.494 e. The van der Waals surface area contributed by atoms with Crippen molar-refractivity contribution in [2.24, 2.45) is 0 Å². The van der Waals surface area contributed by atoms with Crippen molar-refractivity contribution in [1.29, 1.82) is 0 Å². The lowest BCUT2D eigenvalue weighted by molar-refractivity contribution is 0.0315. The van der Waals surface area contributed by atoms with Gasteiger partial charge in [-0.25, -0.2) is 13.2 Å². The highest BCUT2D eigenvalue weighted by Gasteiger charge is 2.25. The molecule has 0 radical (unpaired) electrons. The number of Topliss-reactive ketones (excluding diaryl/α,β-unsaturated/α-hetero) is 1. The fraction of sp³-hybridized carbons (Fsp3) is 0.300. The van der Waals surface area contributed by atoms with Gasteiger partial charge in [-0.2, -0.15) is 0 Å². The summed E-state index contributed by atoms with van der Waals surface area (Å²) in [5.74, 6) is -0.744. The molecule has 2 aromatic carbocycles. The van der Waals surface area contributed by atoms with Gasteiger partial charge < -0.3 is 9.47 Å². The lowest BCUT2D eigenvalue weighted by Crippen LogP contribution is -2.25. The maximum Gasteiger partial charge on any atom is 0.340 e. The molecule has 0 heterocycles. The maximum absolute atomic E-state index is 12.5. The van der Waals surface area contributed by atoms with E-state index in [9.17, 15) is 18.0 Å². The van der Waals surface area contributed by atoms with Gasteiger partial charge in [0.2, 0.25) is 5.78 Å². The van der Waals surface area contributed by atoms with Crippen LogP contribution in [0.2, 0.25) is 0 Å². The summed E-state index contributed by atoms with van der Waals surface area (Å²) < 4.78 is 34.9. The number of carbonyl (C=O) groups excluding carboxylic acids is 2. The molecular formula is C20H22O6S. The van der Waals surface area contributed by atoms with Gasteiger partial charge in [0.25, 0.3) is 0 Å². The van der Waals surface area contributed by atoms with Gasteiger partial charge in [0.15, 0.2) is 15.9 Å². The first-order chi connectivity index (χ1) is 12.8. The summed E-state index contributed by atoms with van der Waals surface area (Å²) in [6.45, 7) is 5.32. The van der Waals surface area contributed by atoms with E-state index < -0.39 is 21.9 Å². The van der Waals surface area contributed by atoms with Gasteiger partial charge in [0.05, 0.1) is 22.8 Å². The first kappa shape index (κ1) is 20.6. The topological polar surface area (TPSA) is 86.7 Å². The first-order valence-electron chi connectivity index (χ1n) is 8.60. The quantitative estimate of drug-likeness (QED) is 0.508. The standard InChI is InChI=1S/C20H22O6S/c1-4-25-16-12-10-15(11-13-16)19(21)14(3)26-20(22)17-8-6-7-9-18(17)27(23,24)5-2/h6-14H,4-5H2,1-3H3/t14-/m1/s1. The van der Waals surface area contributed by atoms with E-state index in [0.29, 0.717) is 17.9 Å². The summed E-state index contributed by atoms with van der Waals surface area (Å²) >= 11 is 0. The molecule has 0 unspecified atom stereocenters. The van der Waals surface area contributed by atoms with Crippen molar-refractivity contribution in [1.82, 2.24) is 0 Å². The average Bonchev–Trinajstić information content (AvgIpc) is 2.68. The van der Waals surface area contributed by atoms with Crippen LogP contribution in [0.5, 0.6) is 5.75 Å². The number of esters is 1. The van der Waals surface area contributed by atoms with Crippen LogP contribution >= 0.6 is 0 Å². The second-order valence-corrected chi connectivity index (χ2v) is 8.02. The number of sulfone groups is 1. The van der Waals surface area contributed by atoms with Gasteiger partial charge in [0, 0.05) is 5.56 Å². The molecule has 7 heteroatoms. The SMILES string of the molecule is CCOc1ccc(C(=O)[C@@H](C)OC(=O)c2ccccc2S(=O)(=O)CC)cc1. The molecule has 0 bridgehead atoms. The molecular weight excluding hydrogens is 368 g/mol. The predicted octanol–water partition coefficient (Wildman–Crippen LogP) is 3.31. The maximum atomic E-state index is 12.5. The van der Waals surface area contributed by atoms with Gasteiger partial charge >= 0.3 is 5.97 Å².